The number of nitrogens with zero attached hydrogens (tertiary/aromatic N) is 1. The van der Waals surface area contributed by atoms with E-state index in [2.05, 4.69) is 69.2 Å². The molecule has 0 saturated heterocycles. The van der Waals surface area contributed by atoms with Crippen LogP contribution in [0, 0.1) is 0 Å². The number of nitrogens with one attached hydrogen (secondary N) is 1. The molecule has 0 saturated carbocycles. The van der Waals surface area contributed by atoms with E-state index in [1.54, 1.807) is 0 Å². The SMILES string of the molecule is CCCNCc1ccccc1N(C)C(C)(C)CC. The molecule has 2 heteroatoms. The monoisotopic (exact) mass is 248 g/mol. The molecule has 0 aliphatic heterocycles. The normalized spacial score (nSPS) is 11.6. The third kappa shape index (κ3) is 3.74. The second-order valence-corrected chi connectivity index (χ2v) is 5.53. The summed E-state index contributed by atoms with van der Waals surface area (Å²) in [4.78, 5) is 2.40. The Kier molecular flexibility index (Phi) is 5.67. The average Bonchev–Trinajstić information content (AvgIpc) is 2.39. The predicted octanol–water partition coefficient (Wildman–Crippen LogP) is 3.81. The van der Waals surface area contributed by atoms with Gasteiger partial charge in [-0.05, 0) is 44.9 Å². The molecule has 0 atom stereocenters. The molecule has 18 heavy (non-hydrogen) atoms. The van der Waals surface area contributed by atoms with Crippen molar-refractivity contribution in [3.8, 4) is 0 Å². The summed E-state index contributed by atoms with van der Waals surface area (Å²) in [7, 11) is 2.20. The van der Waals surface area contributed by atoms with Crippen molar-refractivity contribution in [2.75, 3.05) is 18.5 Å². The van der Waals surface area contributed by atoms with Crippen molar-refractivity contribution in [3.63, 3.8) is 0 Å². The molecule has 102 valence electrons. The van der Waals surface area contributed by atoms with Gasteiger partial charge in [-0.25, -0.2) is 0 Å². The summed E-state index contributed by atoms with van der Waals surface area (Å²) in [6.07, 6.45) is 2.32. The molecule has 2 nitrogen and oxygen atoms in total. The Morgan fingerprint density at radius 3 is 2.44 bits per heavy atom. The molecule has 0 aliphatic carbocycles. The van der Waals surface area contributed by atoms with Crippen molar-refractivity contribution in [1.82, 2.24) is 5.32 Å². The minimum absolute atomic E-state index is 0.195. The van der Waals surface area contributed by atoms with Crippen LogP contribution in [0.5, 0.6) is 0 Å². The predicted molar refractivity (Wildman–Crippen MR) is 81.2 cm³/mol. The molecule has 0 amide bonds. The van der Waals surface area contributed by atoms with Gasteiger partial charge in [-0.1, -0.05) is 32.0 Å². The van der Waals surface area contributed by atoms with Crippen molar-refractivity contribution >= 4 is 5.69 Å². The summed E-state index contributed by atoms with van der Waals surface area (Å²) < 4.78 is 0. The molecule has 1 aromatic carbocycles. The van der Waals surface area contributed by atoms with Crippen LogP contribution in [0.25, 0.3) is 0 Å². The largest absolute Gasteiger partial charge is 0.369 e. The van der Waals surface area contributed by atoms with E-state index < -0.39 is 0 Å². The molecule has 0 heterocycles. The van der Waals surface area contributed by atoms with Gasteiger partial charge in [0.25, 0.3) is 0 Å². The lowest BCUT2D eigenvalue weighted by Crippen LogP contribution is -2.41. The topological polar surface area (TPSA) is 15.3 Å². The van der Waals surface area contributed by atoms with Gasteiger partial charge in [0.2, 0.25) is 0 Å². The Morgan fingerprint density at radius 2 is 1.83 bits per heavy atom. The van der Waals surface area contributed by atoms with Crippen molar-refractivity contribution in [1.29, 1.82) is 0 Å². The molecule has 0 aliphatic rings. The molecular weight excluding hydrogens is 220 g/mol. The molecule has 1 rings (SSSR count). The molecule has 1 N–H and O–H groups in total. The summed E-state index contributed by atoms with van der Waals surface area (Å²) in [5.74, 6) is 0. The minimum Gasteiger partial charge on any atom is -0.369 e. The zero-order chi connectivity index (χ0) is 13.6. The van der Waals surface area contributed by atoms with Crippen molar-refractivity contribution in [2.45, 2.75) is 52.6 Å². The van der Waals surface area contributed by atoms with Gasteiger partial charge in [-0.2, -0.15) is 0 Å². The maximum atomic E-state index is 3.49. The molecule has 0 spiro atoms. The summed E-state index contributed by atoms with van der Waals surface area (Å²) in [5.41, 5.74) is 2.92. The lowest BCUT2D eigenvalue weighted by molar-refractivity contribution is 0.469. The van der Waals surface area contributed by atoms with Gasteiger partial charge in [0.1, 0.15) is 0 Å². The Bertz CT molecular complexity index is 358. The number of rotatable bonds is 7. The lowest BCUT2D eigenvalue weighted by atomic mass is 9.98. The summed E-state index contributed by atoms with van der Waals surface area (Å²) >= 11 is 0. The first kappa shape index (κ1) is 15.0. The second kappa shape index (κ2) is 6.79. The van der Waals surface area contributed by atoms with Crippen LogP contribution in [-0.4, -0.2) is 19.1 Å². The van der Waals surface area contributed by atoms with Crippen LogP contribution in [0.3, 0.4) is 0 Å². The Hall–Kier alpha value is -1.02. The first-order chi connectivity index (χ1) is 8.53. The standard InChI is InChI=1S/C16H28N2/c1-6-12-17-13-14-10-8-9-11-15(14)18(5)16(3,4)7-2/h8-11,17H,6-7,12-13H2,1-5H3. The quantitative estimate of drug-likeness (QED) is 0.738. The molecule has 0 bridgehead atoms. The number of hydrogen-bond acceptors (Lipinski definition) is 2. The molecular formula is C16H28N2. The van der Waals surface area contributed by atoms with Gasteiger partial charge in [-0.3, -0.25) is 0 Å². The fourth-order valence-electron chi connectivity index (χ4n) is 1.95. The van der Waals surface area contributed by atoms with Crippen LogP contribution in [0.1, 0.15) is 46.1 Å². The highest BCUT2D eigenvalue weighted by Gasteiger charge is 2.22. The van der Waals surface area contributed by atoms with Crippen LogP contribution in [0.2, 0.25) is 0 Å². The van der Waals surface area contributed by atoms with E-state index >= 15 is 0 Å². The molecule has 0 aromatic heterocycles. The fraction of sp³-hybridized carbons (Fsp3) is 0.625. The number of hydrogen-bond donors (Lipinski definition) is 1. The fourth-order valence-corrected chi connectivity index (χ4v) is 1.95. The van der Waals surface area contributed by atoms with Gasteiger partial charge >= 0.3 is 0 Å². The molecule has 0 unspecified atom stereocenters. The Labute approximate surface area is 112 Å². The highest BCUT2D eigenvalue weighted by molar-refractivity contribution is 5.54. The second-order valence-electron chi connectivity index (χ2n) is 5.53. The zero-order valence-electron chi connectivity index (χ0n) is 12.6. The Morgan fingerprint density at radius 1 is 1.17 bits per heavy atom. The summed E-state index contributed by atoms with van der Waals surface area (Å²) in [6.45, 7) is 11.1. The van der Waals surface area contributed by atoms with Gasteiger partial charge < -0.3 is 10.2 Å². The third-order valence-electron chi connectivity index (χ3n) is 3.87. The van der Waals surface area contributed by atoms with Crippen LogP contribution in [-0.2, 0) is 6.54 Å². The average molecular weight is 248 g/mol. The van der Waals surface area contributed by atoms with E-state index in [4.69, 9.17) is 0 Å². The maximum absolute atomic E-state index is 3.49. The Balaban J connectivity index is 2.87. The zero-order valence-corrected chi connectivity index (χ0v) is 12.6. The first-order valence-electron chi connectivity index (χ1n) is 7.05. The van der Waals surface area contributed by atoms with E-state index in [9.17, 15) is 0 Å². The third-order valence-corrected chi connectivity index (χ3v) is 3.87. The number of anilines is 1. The van der Waals surface area contributed by atoms with Gasteiger partial charge in [-0.15, -0.1) is 0 Å². The van der Waals surface area contributed by atoms with E-state index in [1.807, 2.05) is 0 Å². The smallest absolute Gasteiger partial charge is 0.0413 e. The van der Waals surface area contributed by atoms with Crippen molar-refractivity contribution in [2.24, 2.45) is 0 Å². The highest BCUT2D eigenvalue weighted by atomic mass is 15.2. The van der Waals surface area contributed by atoms with Crippen molar-refractivity contribution < 1.29 is 0 Å². The van der Waals surface area contributed by atoms with E-state index in [-0.39, 0.29) is 5.54 Å². The first-order valence-corrected chi connectivity index (χ1v) is 7.05. The highest BCUT2D eigenvalue weighted by Crippen LogP contribution is 2.27. The van der Waals surface area contributed by atoms with E-state index in [0.29, 0.717) is 0 Å². The van der Waals surface area contributed by atoms with E-state index in [1.165, 1.54) is 17.7 Å². The van der Waals surface area contributed by atoms with Crippen LogP contribution >= 0.6 is 0 Å². The van der Waals surface area contributed by atoms with Crippen LogP contribution in [0.4, 0.5) is 5.69 Å². The van der Waals surface area contributed by atoms with Crippen molar-refractivity contribution in [3.05, 3.63) is 29.8 Å². The molecule has 1 aromatic rings. The maximum Gasteiger partial charge on any atom is 0.0413 e. The lowest BCUT2D eigenvalue weighted by Gasteiger charge is -2.38. The molecule has 0 radical (unpaired) electrons. The minimum atomic E-state index is 0.195. The van der Waals surface area contributed by atoms with E-state index in [0.717, 1.165) is 19.5 Å². The van der Waals surface area contributed by atoms with Gasteiger partial charge in [0, 0.05) is 24.8 Å². The number of para-hydroxylation sites is 1. The van der Waals surface area contributed by atoms with Gasteiger partial charge in [0.15, 0.2) is 0 Å². The summed E-state index contributed by atoms with van der Waals surface area (Å²) in [5, 5.41) is 3.49. The molecule has 0 fully saturated rings. The number of benzene rings is 1. The van der Waals surface area contributed by atoms with Crippen LogP contribution < -0.4 is 10.2 Å². The summed E-state index contributed by atoms with van der Waals surface area (Å²) in [6, 6.07) is 8.70. The van der Waals surface area contributed by atoms with Gasteiger partial charge in [0.05, 0.1) is 0 Å². The van der Waals surface area contributed by atoms with Crippen LogP contribution in [0.15, 0.2) is 24.3 Å².